The highest BCUT2D eigenvalue weighted by Gasteiger charge is 2.25. The van der Waals surface area contributed by atoms with E-state index in [-0.39, 0.29) is 17.7 Å². The summed E-state index contributed by atoms with van der Waals surface area (Å²) in [5, 5.41) is 9.57. The van der Waals surface area contributed by atoms with Crippen LogP contribution >= 0.6 is 22.7 Å². The summed E-state index contributed by atoms with van der Waals surface area (Å²) in [5.41, 5.74) is 2.54. The zero-order valence-corrected chi connectivity index (χ0v) is 17.6. The van der Waals surface area contributed by atoms with E-state index in [9.17, 15) is 9.59 Å². The topological polar surface area (TPSA) is 75.5 Å². The number of nitrogens with zero attached hydrogens (tertiary/aromatic N) is 2. The van der Waals surface area contributed by atoms with Gasteiger partial charge in [0.1, 0.15) is 6.04 Å². The summed E-state index contributed by atoms with van der Waals surface area (Å²) in [4.78, 5) is 31.2. The van der Waals surface area contributed by atoms with Crippen LogP contribution in [0, 0.1) is 5.92 Å². The monoisotopic (exact) mass is 424 g/mol. The number of fused-ring (bicyclic) bond motifs is 1. The second-order valence-electron chi connectivity index (χ2n) is 6.96. The van der Waals surface area contributed by atoms with Crippen molar-refractivity contribution in [3.63, 3.8) is 0 Å². The van der Waals surface area contributed by atoms with E-state index in [0.717, 1.165) is 16.2 Å². The highest BCUT2D eigenvalue weighted by Crippen LogP contribution is 2.23. The summed E-state index contributed by atoms with van der Waals surface area (Å²) in [5.74, 6) is -0.513. The minimum absolute atomic E-state index is 0.0448. The van der Waals surface area contributed by atoms with Gasteiger partial charge in [-0.3, -0.25) is 14.0 Å². The number of hydrogen-bond donors (Lipinski definition) is 2. The molecule has 8 heteroatoms. The van der Waals surface area contributed by atoms with E-state index in [4.69, 9.17) is 0 Å². The smallest absolute Gasteiger partial charge is 0.262 e. The summed E-state index contributed by atoms with van der Waals surface area (Å²) >= 11 is 2.94. The second-order valence-corrected chi connectivity index (χ2v) is 8.78. The van der Waals surface area contributed by atoms with Crippen LogP contribution in [0.1, 0.15) is 23.5 Å². The van der Waals surface area contributed by atoms with Crippen molar-refractivity contribution in [1.29, 1.82) is 0 Å². The third-order valence-corrected chi connectivity index (χ3v) is 6.16. The van der Waals surface area contributed by atoms with E-state index in [1.54, 1.807) is 17.4 Å². The Labute approximate surface area is 176 Å². The standard InChI is InChI=1S/C21H20N4O2S2/c1-13(2)18(24-19(26)17-4-3-10-28-17)20(27)22-15-7-5-14(6-8-15)16-12-25-9-11-29-21(25)23-16/h3-13,18H,1-2H3,(H,22,27)(H,24,26)/t18-/m0/s1. The first-order chi connectivity index (χ1) is 14.0. The first-order valence-electron chi connectivity index (χ1n) is 9.19. The van der Waals surface area contributed by atoms with Gasteiger partial charge in [0.15, 0.2) is 4.96 Å². The number of amides is 2. The number of rotatable bonds is 6. The maximum Gasteiger partial charge on any atom is 0.262 e. The lowest BCUT2D eigenvalue weighted by molar-refractivity contribution is -0.118. The SMILES string of the molecule is CC(C)[C@H](NC(=O)c1cccs1)C(=O)Nc1ccc(-c2cn3ccsc3n2)cc1. The molecule has 2 amide bonds. The quantitative estimate of drug-likeness (QED) is 0.478. The molecule has 0 bridgehead atoms. The summed E-state index contributed by atoms with van der Waals surface area (Å²) < 4.78 is 1.99. The van der Waals surface area contributed by atoms with Crippen LogP contribution in [0.15, 0.2) is 59.6 Å². The van der Waals surface area contributed by atoms with Crippen LogP contribution in [-0.4, -0.2) is 27.2 Å². The van der Waals surface area contributed by atoms with Gasteiger partial charge in [0.25, 0.3) is 5.91 Å². The van der Waals surface area contributed by atoms with Gasteiger partial charge in [0.2, 0.25) is 5.91 Å². The van der Waals surface area contributed by atoms with Crippen molar-refractivity contribution < 1.29 is 9.59 Å². The van der Waals surface area contributed by atoms with Crippen molar-refractivity contribution >= 4 is 45.1 Å². The first kappa shape index (κ1) is 19.4. The van der Waals surface area contributed by atoms with Crippen LogP contribution < -0.4 is 10.6 Å². The van der Waals surface area contributed by atoms with Crippen molar-refractivity contribution in [2.75, 3.05) is 5.32 Å². The molecular formula is C21H20N4O2S2. The van der Waals surface area contributed by atoms with Gasteiger partial charge in [-0.2, -0.15) is 0 Å². The zero-order valence-electron chi connectivity index (χ0n) is 16.0. The zero-order chi connectivity index (χ0) is 20.4. The van der Waals surface area contributed by atoms with E-state index in [1.807, 2.05) is 71.7 Å². The van der Waals surface area contributed by atoms with E-state index in [2.05, 4.69) is 15.6 Å². The molecule has 0 fully saturated rings. The second kappa shape index (κ2) is 8.18. The highest BCUT2D eigenvalue weighted by molar-refractivity contribution is 7.15. The number of carbonyl (C=O) groups is 2. The normalized spacial score (nSPS) is 12.2. The minimum atomic E-state index is -0.621. The van der Waals surface area contributed by atoms with Crippen LogP contribution in [0.5, 0.6) is 0 Å². The maximum absolute atomic E-state index is 12.8. The Balaban J connectivity index is 1.44. The molecule has 3 heterocycles. The van der Waals surface area contributed by atoms with Gasteiger partial charge >= 0.3 is 0 Å². The Kier molecular flexibility index (Phi) is 5.46. The lowest BCUT2D eigenvalue weighted by Crippen LogP contribution is -2.46. The molecule has 1 aromatic carbocycles. The highest BCUT2D eigenvalue weighted by atomic mass is 32.1. The van der Waals surface area contributed by atoms with Crippen LogP contribution in [0.3, 0.4) is 0 Å². The first-order valence-corrected chi connectivity index (χ1v) is 10.9. The van der Waals surface area contributed by atoms with E-state index >= 15 is 0 Å². The lowest BCUT2D eigenvalue weighted by Gasteiger charge is -2.21. The molecule has 3 aromatic heterocycles. The fourth-order valence-electron chi connectivity index (χ4n) is 2.97. The molecule has 29 heavy (non-hydrogen) atoms. The number of hydrogen-bond acceptors (Lipinski definition) is 5. The summed E-state index contributed by atoms with van der Waals surface area (Å²) in [7, 11) is 0. The number of anilines is 1. The van der Waals surface area contributed by atoms with Gasteiger partial charge in [-0.25, -0.2) is 4.98 Å². The Morgan fingerprint density at radius 1 is 1.07 bits per heavy atom. The Morgan fingerprint density at radius 2 is 1.86 bits per heavy atom. The van der Waals surface area contributed by atoms with Gasteiger partial charge in [-0.15, -0.1) is 22.7 Å². The largest absolute Gasteiger partial charge is 0.339 e. The van der Waals surface area contributed by atoms with Crippen molar-refractivity contribution in [1.82, 2.24) is 14.7 Å². The molecule has 0 unspecified atom stereocenters. The number of benzene rings is 1. The van der Waals surface area contributed by atoms with Crippen molar-refractivity contribution in [2.24, 2.45) is 5.92 Å². The molecule has 0 radical (unpaired) electrons. The third kappa shape index (κ3) is 4.23. The molecule has 6 nitrogen and oxygen atoms in total. The molecule has 0 saturated carbocycles. The predicted molar refractivity (Wildman–Crippen MR) is 118 cm³/mol. The number of thiophene rings is 1. The van der Waals surface area contributed by atoms with Crippen LogP contribution in [0.25, 0.3) is 16.2 Å². The molecule has 0 spiro atoms. The number of thiazole rings is 1. The Bertz CT molecular complexity index is 1100. The average molecular weight is 425 g/mol. The van der Waals surface area contributed by atoms with Gasteiger partial charge < -0.3 is 10.6 Å². The Hall–Kier alpha value is -2.97. The van der Waals surface area contributed by atoms with Crippen LogP contribution in [-0.2, 0) is 4.79 Å². The number of nitrogens with one attached hydrogen (secondary N) is 2. The molecule has 0 aliphatic heterocycles. The molecule has 0 aliphatic rings. The Morgan fingerprint density at radius 3 is 2.52 bits per heavy atom. The molecule has 148 valence electrons. The summed E-state index contributed by atoms with van der Waals surface area (Å²) in [6.07, 6.45) is 3.95. The van der Waals surface area contributed by atoms with Gasteiger partial charge in [-0.1, -0.05) is 32.0 Å². The summed E-state index contributed by atoms with van der Waals surface area (Å²) in [6, 6.07) is 10.5. The van der Waals surface area contributed by atoms with Crippen molar-refractivity contribution in [2.45, 2.75) is 19.9 Å². The minimum Gasteiger partial charge on any atom is -0.339 e. The predicted octanol–water partition coefficient (Wildman–Crippen LogP) is 4.52. The molecule has 4 rings (SSSR count). The number of carbonyl (C=O) groups excluding carboxylic acids is 2. The number of aromatic nitrogens is 2. The van der Waals surface area contributed by atoms with Gasteiger partial charge in [0, 0.05) is 29.0 Å². The van der Waals surface area contributed by atoms with Gasteiger partial charge in [-0.05, 0) is 29.5 Å². The average Bonchev–Trinajstić information content (AvgIpc) is 3.43. The van der Waals surface area contributed by atoms with Crippen LogP contribution in [0.4, 0.5) is 5.69 Å². The lowest BCUT2D eigenvalue weighted by atomic mass is 10.0. The van der Waals surface area contributed by atoms with Crippen molar-refractivity contribution in [3.8, 4) is 11.3 Å². The molecule has 4 aromatic rings. The number of imidazole rings is 1. The molecule has 1 atom stereocenters. The fourth-order valence-corrected chi connectivity index (χ4v) is 4.29. The van der Waals surface area contributed by atoms with E-state index in [0.29, 0.717) is 10.6 Å². The molecule has 2 N–H and O–H groups in total. The third-order valence-electron chi connectivity index (χ3n) is 4.52. The van der Waals surface area contributed by atoms with E-state index < -0.39 is 6.04 Å². The maximum atomic E-state index is 12.8. The fraction of sp³-hybridized carbons (Fsp3) is 0.190. The molecular weight excluding hydrogens is 404 g/mol. The molecule has 0 aliphatic carbocycles. The van der Waals surface area contributed by atoms with Crippen LogP contribution in [0.2, 0.25) is 0 Å². The van der Waals surface area contributed by atoms with Crippen molar-refractivity contribution in [3.05, 3.63) is 64.4 Å². The molecule has 0 saturated heterocycles. The summed E-state index contributed by atoms with van der Waals surface area (Å²) in [6.45, 7) is 3.82. The van der Waals surface area contributed by atoms with E-state index in [1.165, 1.54) is 11.3 Å². The van der Waals surface area contributed by atoms with Gasteiger partial charge in [0.05, 0.1) is 10.6 Å².